The van der Waals surface area contributed by atoms with E-state index in [1.165, 1.54) is 37.9 Å². The van der Waals surface area contributed by atoms with Crippen LogP contribution in [0.3, 0.4) is 0 Å². The summed E-state index contributed by atoms with van der Waals surface area (Å²) in [5.41, 5.74) is 5.16. The van der Waals surface area contributed by atoms with Crippen molar-refractivity contribution in [3.05, 3.63) is 52.2 Å². The molecule has 1 atom stereocenters. The summed E-state index contributed by atoms with van der Waals surface area (Å²) >= 11 is 0. The number of benzene rings is 1. The van der Waals surface area contributed by atoms with Crippen LogP contribution in [0.15, 0.2) is 35.3 Å². The molecule has 29 heavy (non-hydrogen) atoms. The van der Waals surface area contributed by atoms with E-state index < -0.39 is 0 Å². The number of fused-ring (bicyclic) bond motifs is 1. The molecule has 5 nitrogen and oxygen atoms in total. The molecule has 1 aromatic carbocycles. The molecule has 0 spiro atoms. The topological polar surface area (TPSA) is 49.1 Å². The fourth-order valence-electron chi connectivity index (χ4n) is 4.55. The minimum Gasteiger partial charge on any atom is -0.380 e. The second kappa shape index (κ2) is 8.15. The van der Waals surface area contributed by atoms with Gasteiger partial charge in [0.05, 0.1) is 23.7 Å². The van der Waals surface area contributed by atoms with Crippen molar-refractivity contribution in [1.29, 1.82) is 0 Å². The highest BCUT2D eigenvalue weighted by Crippen LogP contribution is 2.35. The molecule has 154 valence electrons. The second-order valence-corrected chi connectivity index (χ2v) is 8.49. The van der Waals surface area contributed by atoms with Gasteiger partial charge in [-0.2, -0.15) is 0 Å². The molecule has 0 bridgehead atoms. The molecule has 0 saturated heterocycles. The van der Waals surface area contributed by atoms with Crippen LogP contribution in [0.1, 0.15) is 56.3 Å². The van der Waals surface area contributed by atoms with Gasteiger partial charge in [0.15, 0.2) is 0 Å². The minimum absolute atomic E-state index is 0.0494. The molecule has 5 heteroatoms. The average Bonchev–Trinajstić information content (AvgIpc) is 3.09. The van der Waals surface area contributed by atoms with Crippen molar-refractivity contribution in [1.82, 2.24) is 14.1 Å². The molecule has 2 heterocycles. The molecule has 1 saturated carbocycles. The van der Waals surface area contributed by atoms with Gasteiger partial charge in [-0.25, -0.2) is 4.98 Å². The van der Waals surface area contributed by atoms with Crippen molar-refractivity contribution in [2.75, 3.05) is 7.11 Å². The van der Waals surface area contributed by atoms with E-state index in [9.17, 15) is 4.79 Å². The number of imidazole rings is 1. The number of aryl methyl sites for hydroxylation is 2. The van der Waals surface area contributed by atoms with Crippen LogP contribution in [0.25, 0.3) is 22.2 Å². The van der Waals surface area contributed by atoms with Gasteiger partial charge in [0, 0.05) is 31.8 Å². The summed E-state index contributed by atoms with van der Waals surface area (Å²) in [6.07, 6.45) is 8.39. The van der Waals surface area contributed by atoms with E-state index in [0.29, 0.717) is 5.92 Å². The molecule has 0 amide bonds. The van der Waals surface area contributed by atoms with Crippen molar-refractivity contribution in [3.8, 4) is 11.1 Å². The summed E-state index contributed by atoms with van der Waals surface area (Å²) in [5, 5.41) is 0. The largest absolute Gasteiger partial charge is 0.380 e. The van der Waals surface area contributed by atoms with Crippen LogP contribution in [0, 0.1) is 6.92 Å². The molecule has 4 rings (SSSR count). The number of methoxy groups -OCH3 is 1. The lowest BCUT2D eigenvalue weighted by atomic mass is 9.88. The van der Waals surface area contributed by atoms with Crippen molar-refractivity contribution in [2.24, 2.45) is 7.05 Å². The highest BCUT2D eigenvalue weighted by Gasteiger charge is 2.23. The van der Waals surface area contributed by atoms with E-state index in [1.807, 2.05) is 26.2 Å². The van der Waals surface area contributed by atoms with Gasteiger partial charge in [0.2, 0.25) is 0 Å². The number of hydrogen-bond acceptors (Lipinski definition) is 3. The number of aromatic nitrogens is 3. The Morgan fingerprint density at radius 3 is 2.62 bits per heavy atom. The third-order valence-corrected chi connectivity index (χ3v) is 6.29. The Labute approximate surface area is 172 Å². The van der Waals surface area contributed by atoms with E-state index in [0.717, 1.165) is 34.3 Å². The monoisotopic (exact) mass is 393 g/mol. The predicted octanol–water partition coefficient (Wildman–Crippen LogP) is 4.79. The highest BCUT2D eigenvalue weighted by molar-refractivity contribution is 5.82. The Morgan fingerprint density at radius 1 is 1.17 bits per heavy atom. The number of rotatable bonds is 5. The van der Waals surface area contributed by atoms with Gasteiger partial charge < -0.3 is 13.9 Å². The Kier molecular flexibility index (Phi) is 5.59. The first-order valence-corrected chi connectivity index (χ1v) is 10.7. The molecule has 1 fully saturated rings. The zero-order valence-electron chi connectivity index (χ0n) is 17.9. The zero-order chi connectivity index (χ0) is 20.5. The Hall–Kier alpha value is -2.40. The first-order valence-electron chi connectivity index (χ1n) is 10.7. The fourth-order valence-corrected chi connectivity index (χ4v) is 4.55. The van der Waals surface area contributed by atoms with Gasteiger partial charge in [0.25, 0.3) is 5.56 Å². The van der Waals surface area contributed by atoms with Crippen molar-refractivity contribution in [3.63, 3.8) is 0 Å². The highest BCUT2D eigenvalue weighted by atomic mass is 16.5. The zero-order valence-corrected chi connectivity index (χ0v) is 17.9. The number of pyridine rings is 1. The third kappa shape index (κ3) is 3.88. The van der Waals surface area contributed by atoms with Crippen LogP contribution in [-0.4, -0.2) is 27.3 Å². The molecule has 1 aliphatic carbocycles. The SMILES string of the molecule is COC(C)Cn1c(C2CCCCC2)nc2ccc(-c3cc(C)c(=O)n(C)c3)cc21. The summed E-state index contributed by atoms with van der Waals surface area (Å²) in [4.78, 5) is 17.1. The maximum absolute atomic E-state index is 12.1. The predicted molar refractivity (Wildman–Crippen MR) is 117 cm³/mol. The van der Waals surface area contributed by atoms with Crippen LogP contribution in [-0.2, 0) is 18.3 Å². The van der Waals surface area contributed by atoms with Gasteiger partial charge in [-0.15, -0.1) is 0 Å². The van der Waals surface area contributed by atoms with E-state index in [4.69, 9.17) is 9.72 Å². The van der Waals surface area contributed by atoms with Crippen LogP contribution in [0.4, 0.5) is 0 Å². The Balaban J connectivity index is 1.84. The Morgan fingerprint density at radius 2 is 1.93 bits per heavy atom. The minimum atomic E-state index is 0.0494. The summed E-state index contributed by atoms with van der Waals surface area (Å²) in [6.45, 7) is 4.78. The van der Waals surface area contributed by atoms with Crippen molar-refractivity contribution in [2.45, 2.75) is 64.5 Å². The van der Waals surface area contributed by atoms with E-state index in [2.05, 4.69) is 29.7 Å². The quantitative estimate of drug-likeness (QED) is 0.626. The van der Waals surface area contributed by atoms with Crippen LogP contribution >= 0.6 is 0 Å². The number of hydrogen-bond donors (Lipinski definition) is 0. The van der Waals surface area contributed by atoms with Crippen LogP contribution in [0.5, 0.6) is 0 Å². The molecule has 0 aliphatic heterocycles. The lowest BCUT2D eigenvalue weighted by Gasteiger charge is -2.23. The van der Waals surface area contributed by atoms with E-state index in [1.54, 1.807) is 11.7 Å². The molecule has 2 aromatic heterocycles. The maximum atomic E-state index is 12.1. The van der Waals surface area contributed by atoms with E-state index >= 15 is 0 Å². The standard InChI is InChI=1S/C24H31N3O2/c1-16-12-20(15-26(3)24(16)28)19-10-11-21-22(13-19)27(14-17(2)29-4)23(25-21)18-8-6-5-7-9-18/h10-13,15,17-18H,5-9,14H2,1-4H3. The first kappa shape index (κ1) is 19.9. The molecule has 0 N–H and O–H groups in total. The van der Waals surface area contributed by atoms with E-state index in [-0.39, 0.29) is 11.7 Å². The molecule has 3 aromatic rings. The van der Waals surface area contributed by atoms with Gasteiger partial charge in [-0.1, -0.05) is 25.3 Å². The van der Waals surface area contributed by atoms with Crippen LogP contribution in [0.2, 0.25) is 0 Å². The van der Waals surface area contributed by atoms with Gasteiger partial charge in [-0.3, -0.25) is 4.79 Å². The molecule has 1 unspecified atom stereocenters. The fraction of sp³-hybridized carbons (Fsp3) is 0.500. The lowest BCUT2D eigenvalue weighted by molar-refractivity contribution is 0.103. The average molecular weight is 394 g/mol. The van der Waals surface area contributed by atoms with Crippen LogP contribution < -0.4 is 5.56 Å². The number of ether oxygens (including phenoxy) is 1. The van der Waals surface area contributed by atoms with Crippen molar-refractivity contribution >= 4 is 11.0 Å². The first-order chi connectivity index (χ1) is 14.0. The molecular formula is C24H31N3O2. The summed E-state index contributed by atoms with van der Waals surface area (Å²) in [6, 6.07) is 8.43. The van der Waals surface area contributed by atoms with Crippen molar-refractivity contribution < 1.29 is 4.74 Å². The summed E-state index contributed by atoms with van der Waals surface area (Å²) in [7, 11) is 3.58. The number of nitrogens with zero attached hydrogens (tertiary/aromatic N) is 3. The lowest BCUT2D eigenvalue weighted by Crippen LogP contribution is -2.19. The molecule has 0 radical (unpaired) electrons. The third-order valence-electron chi connectivity index (χ3n) is 6.29. The summed E-state index contributed by atoms with van der Waals surface area (Å²) < 4.78 is 9.62. The molecular weight excluding hydrogens is 362 g/mol. The van der Waals surface area contributed by atoms with Gasteiger partial charge >= 0.3 is 0 Å². The maximum Gasteiger partial charge on any atom is 0.253 e. The Bertz CT molecular complexity index is 1050. The van der Waals surface area contributed by atoms with Gasteiger partial charge in [0.1, 0.15) is 5.82 Å². The normalized spacial score (nSPS) is 16.4. The molecule has 1 aliphatic rings. The second-order valence-electron chi connectivity index (χ2n) is 8.49. The smallest absolute Gasteiger partial charge is 0.253 e. The van der Waals surface area contributed by atoms with Gasteiger partial charge in [-0.05, 0) is 56.0 Å². The summed E-state index contributed by atoms with van der Waals surface area (Å²) in [5.74, 6) is 1.74.